The summed E-state index contributed by atoms with van der Waals surface area (Å²) in [7, 11) is 0. The largest absolute Gasteiger partial charge is 0.313 e. The monoisotopic (exact) mass is 211 g/mol. The van der Waals surface area contributed by atoms with Crippen molar-refractivity contribution in [2.24, 2.45) is 16.2 Å². The second-order valence-corrected chi connectivity index (χ2v) is 7.25. The molecule has 0 aliphatic carbocycles. The predicted octanol–water partition coefficient (Wildman–Crippen LogP) is 3.84. The molecule has 0 aromatic heterocycles. The van der Waals surface area contributed by atoms with Gasteiger partial charge in [0.2, 0.25) is 0 Å². The van der Waals surface area contributed by atoms with Crippen molar-refractivity contribution in [3.63, 3.8) is 0 Å². The average Bonchev–Trinajstić information content (AvgIpc) is 2.53. The van der Waals surface area contributed by atoms with E-state index in [0.29, 0.717) is 22.3 Å². The fourth-order valence-electron chi connectivity index (χ4n) is 2.70. The molecule has 1 unspecified atom stereocenters. The fraction of sp³-hybridized carbons (Fsp3) is 1.00. The van der Waals surface area contributed by atoms with Crippen LogP contribution in [0.25, 0.3) is 0 Å². The van der Waals surface area contributed by atoms with Gasteiger partial charge >= 0.3 is 0 Å². The molecule has 0 saturated carbocycles. The maximum absolute atomic E-state index is 3.68. The minimum absolute atomic E-state index is 0.335. The molecule has 0 amide bonds. The lowest BCUT2D eigenvalue weighted by Crippen LogP contribution is -2.52. The van der Waals surface area contributed by atoms with Crippen molar-refractivity contribution in [1.29, 1.82) is 0 Å². The number of hydrogen-bond acceptors (Lipinski definition) is 1. The molecule has 1 rings (SSSR count). The van der Waals surface area contributed by atoms with E-state index in [1.165, 1.54) is 19.4 Å². The zero-order valence-electron chi connectivity index (χ0n) is 11.7. The quantitative estimate of drug-likeness (QED) is 0.732. The second-order valence-electron chi connectivity index (χ2n) is 7.25. The van der Waals surface area contributed by atoms with Crippen molar-refractivity contribution in [2.45, 2.75) is 67.3 Å². The molecule has 1 N–H and O–H groups in total. The van der Waals surface area contributed by atoms with Crippen LogP contribution in [0.15, 0.2) is 0 Å². The molecule has 1 atom stereocenters. The lowest BCUT2D eigenvalue weighted by atomic mass is 9.53. The Kier molecular flexibility index (Phi) is 3.27. The molecule has 1 heteroatoms. The van der Waals surface area contributed by atoms with E-state index in [0.717, 1.165) is 0 Å². The summed E-state index contributed by atoms with van der Waals surface area (Å²) >= 11 is 0. The molecular weight excluding hydrogens is 182 g/mol. The summed E-state index contributed by atoms with van der Waals surface area (Å²) in [6.07, 6.45) is 2.68. The van der Waals surface area contributed by atoms with Gasteiger partial charge < -0.3 is 5.32 Å². The van der Waals surface area contributed by atoms with Crippen LogP contribution in [0.4, 0.5) is 0 Å². The average molecular weight is 211 g/mol. The number of rotatable bonds is 2. The first-order chi connectivity index (χ1) is 6.61. The third-order valence-corrected chi connectivity index (χ3v) is 5.42. The van der Waals surface area contributed by atoms with Gasteiger partial charge in [0.1, 0.15) is 0 Å². The van der Waals surface area contributed by atoms with E-state index >= 15 is 0 Å². The van der Waals surface area contributed by atoms with Crippen LogP contribution < -0.4 is 5.32 Å². The summed E-state index contributed by atoms with van der Waals surface area (Å²) in [5, 5.41) is 3.68. The molecule has 0 spiro atoms. The lowest BCUT2D eigenvalue weighted by Gasteiger charge is -2.53. The Morgan fingerprint density at radius 2 is 1.47 bits per heavy atom. The van der Waals surface area contributed by atoms with Gasteiger partial charge in [-0.1, -0.05) is 48.5 Å². The maximum Gasteiger partial charge on any atom is 0.0124 e. The van der Waals surface area contributed by atoms with Crippen LogP contribution in [0.2, 0.25) is 0 Å². The Hall–Kier alpha value is -0.0400. The summed E-state index contributed by atoms with van der Waals surface area (Å²) in [5.41, 5.74) is 1.03. The molecule has 1 heterocycles. The van der Waals surface area contributed by atoms with E-state index in [1.807, 2.05) is 0 Å². The van der Waals surface area contributed by atoms with Gasteiger partial charge in [-0.3, -0.25) is 0 Å². The first-order valence-electron chi connectivity index (χ1n) is 6.34. The zero-order chi connectivity index (χ0) is 11.9. The molecule has 1 saturated heterocycles. The van der Waals surface area contributed by atoms with Crippen molar-refractivity contribution < 1.29 is 0 Å². The van der Waals surface area contributed by atoms with E-state index in [2.05, 4.69) is 53.8 Å². The smallest absolute Gasteiger partial charge is 0.0124 e. The number of hydrogen-bond donors (Lipinski definition) is 1. The maximum atomic E-state index is 3.68. The van der Waals surface area contributed by atoms with Crippen LogP contribution in [-0.4, -0.2) is 12.6 Å². The van der Waals surface area contributed by atoms with Gasteiger partial charge in [-0.25, -0.2) is 0 Å². The SMILES string of the molecule is CC(C)(C)C(C)(C)C(C)(C)C1CCCN1. The predicted molar refractivity (Wildman–Crippen MR) is 68.0 cm³/mol. The number of nitrogens with one attached hydrogen (secondary N) is 1. The van der Waals surface area contributed by atoms with Crippen molar-refractivity contribution >= 4 is 0 Å². The highest BCUT2D eigenvalue weighted by Crippen LogP contribution is 2.53. The van der Waals surface area contributed by atoms with Crippen LogP contribution in [0, 0.1) is 16.2 Å². The van der Waals surface area contributed by atoms with Crippen molar-refractivity contribution in [1.82, 2.24) is 5.32 Å². The standard InChI is InChI=1S/C14H29N/c1-12(2,3)14(6,7)13(4,5)11-9-8-10-15-11/h11,15H,8-10H2,1-7H3. The zero-order valence-corrected chi connectivity index (χ0v) is 11.7. The van der Waals surface area contributed by atoms with Gasteiger partial charge in [-0.2, -0.15) is 0 Å². The molecule has 15 heavy (non-hydrogen) atoms. The normalized spacial score (nSPS) is 24.6. The van der Waals surface area contributed by atoms with Crippen LogP contribution in [0.1, 0.15) is 61.3 Å². The molecule has 0 aromatic rings. The van der Waals surface area contributed by atoms with Gasteiger partial charge in [-0.05, 0) is 35.6 Å². The Morgan fingerprint density at radius 1 is 0.933 bits per heavy atom. The molecule has 0 bridgehead atoms. The Labute approximate surface area is 96.0 Å². The summed E-state index contributed by atoms with van der Waals surface area (Å²) < 4.78 is 0. The van der Waals surface area contributed by atoms with Gasteiger partial charge in [0.15, 0.2) is 0 Å². The topological polar surface area (TPSA) is 12.0 Å². The van der Waals surface area contributed by atoms with E-state index in [1.54, 1.807) is 0 Å². The highest BCUT2D eigenvalue weighted by Gasteiger charge is 2.49. The van der Waals surface area contributed by atoms with Gasteiger partial charge in [0, 0.05) is 6.04 Å². The minimum Gasteiger partial charge on any atom is -0.313 e. The molecule has 0 radical (unpaired) electrons. The van der Waals surface area contributed by atoms with Crippen LogP contribution in [0.3, 0.4) is 0 Å². The van der Waals surface area contributed by atoms with Gasteiger partial charge in [-0.15, -0.1) is 0 Å². The Morgan fingerprint density at radius 3 is 1.80 bits per heavy atom. The van der Waals surface area contributed by atoms with E-state index in [4.69, 9.17) is 0 Å². The molecule has 1 nitrogen and oxygen atoms in total. The summed E-state index contributed by atoms with van der Waals surface area (Å²) in [4.78, 5) is 0. The summed E-state index contributed by atoms with van der Waals surface area (Å²) in [6, 6.07) is 0.687. The third-order valence-electron chi connectivity index (χ3n) is 5.42. The second kappa shape index (κ2) is 3.76. The molecule has 1 aliphatic rings. The lowest BCUT2D eigenvalue weighted by molar-refractivity contribution is -0.0293. The van der Waals surface area contributed by atoms with Crippen LogP contribution >= 0.6 is 0 Å². The van der Waals surface area contributed by atoms with E-state index in [-0.39, 0.29) is 0 Å². The molecule has 0 aromatic carbocycles. The minimum atomic E-state index is 0.335. The molecule has 1 aliphatic heterocycles. The highest BCUT2D eigenvalue weighted by molar-refractivity contribution is 5.01. The Balaban J connectivity index is 2.92. The van der Waals surface area contributed by atoms with E-state index < -0.39 is 0 Å². The molecule has 90 valence electrons. The van der Waals surface area contributed by atoms with Crippen molar-refractivity contribution in [3.8, 4) is 0 Å². The van der Waals surface area contributed by atoms with Crippen LogP contribution in [-0.2, 0) is 0 Å². The van der Waals surface area contributed by atoms with Gasteiger partial charge in [0.25, 0.3) is 0 Å². The van der Waals surface area contributed by atoms with Gasteiger partial charge in [0.05, 0.1) is 0 Å². The van der Waals surface area contributed by atoms with E-state index in [9.17, 15) is 0 Å². The fourth-order valence-corrected chi connectivity index (χ4v) is 2.70. The van der Waals surface area contributed by atoms with Crippen molar-refractivity contribution in [3.05, 3.63) is 0 Å². The first-order valence-corrected chi connectivity index (χ1v) is 6.34. The summed E-state index contributed by atoms with van der Waals surface area (Å²) in [5.74, 6) is 0. The third kappa shape index (κ3) is 2.08. The van der Waals surface area contributed by atoms with Crippen LogP contribution in [0.5, 0.6) is 0 Å². The molecule has 1 fully saturated rings. The summed E-state index contributed by atoms with van der Waals surface area (Å²) in [6.45, 7) is 18.0. The first kappa shape index (κ1) is 13.0. The Bertz CT molecular complexity index is 214. The van der Waals surface area contributed by atoms with Crippen molar-refractivity contribution in [2.75, 3.05) is 6.54 Å². The molecular formula is C14H29N. The highest BCUT2D eigenvalue weighted by atomic mass is 15.0.